The molecule has 1 fully saturated rings. The van der Waals surface area contributed by atoms with Gasteiger partial charge in [0.25, 0.3) is 0 Å². The van der Waals surface area contributed by atoms with Crippen molar-refractivity contribution >= 4 is 15.5 Å². The second-order valence-corrected chi connectivity index (χ2v) is 7.11. The molecule has 8 heteroatoms. The van der Waals surface area contributed by atoms with Crippen LogP contribution in [0, 0.1) is 0 Å². The summed E-state index contributed by atoms with van der Waals surface area (Å²) in [6, 6.07) is 5.09. The average molecular weight is 321 g/mol. The molecule has 1 aliphatic heterocycles. The van der Waals surface area contributed by atoms with Crippen LogP contribution >= 0.6 is 0 Å². The van der Waals surface area contributed by atoms with Crippen LogP contribution in [0.1, 0.15) is 13.8 Å². The van der Waals surface area contributed by atoms with Gasteiger partial charge in [-0.05, 0) is 38.1 Å². The highest BCUT2D eigenvalue weighted by molar-refractivity contribution is 7.91. The minimum Gasteiger partial charge on any atom is -0.378 e. The molecular weight excluding hydrogens is 304 g/mol. The molecule has 0 aliphatic carbocycles. The fourth-order valence-electron chi connectivity index (χ4n) is 1.86. The van der Waals surface area contributed by atoms with Crippen LogP contribution < -0.4 is 5.32 Å². The summed E-state index contributed by atoms with van der Waals surface area (Å²) >= 11 is 0. The highest BCUT2D eigenvalue weighted by atomic mass is 32.2. The molecule has 0 amide bonds. The van der Waals surface area contributed by atoms with Gasteiger partial charge >= 0.3 is 5.76 Å². The predicted molar refractivity (Wildman–Crippen MR) is 73.0 cm³/mol. The van der Waals surface area contributed by atoms with Crippen molar-refractivity contribution in [3.63, 3.8) is 0 Å². The summed E-state index contributed by atoms with van der Waals surface area (Å²) in [5, 5.41) is 3.09. The third-order valence-electron chi connectivity index (χ3n) is 3.05. The van der Waals surface area contributed by atoms with E-state index in [0.29, 0.717) is 18.9 Å². The molecule has 1 aliphatic rings. The number of ether oxygens (including phenoxy) is 2. The Kier molecular flexibility index (Phi) is 4.50. The number of sulfone groups is 1. The molecule has 0 spiro atoms. The smallest absolute Gasteiger partial charge is 0.341 e. The summed E-state index contributed by atoms with van der Waals surface area (Å²) in [6.45, 7) is 4.49. The van der Waals surface area contributed by atoms with Crippen LogP contribution in [0.2, 0.25) is 0 Å². The summed E-state index contributed by atoms with van der Waals surface area (Å²) < 4.78 is 58.4. The molecule has 5 nitrogen and oxygen atoms in total. The minimum absolute atomic E-state index is 0.0874. The van der Waals surface area contributed by atoms with Gasteiger partial charge in [-0.25, -0.2) is 8.42 Å². The topological polar surface area (TPSA) is 64.6 Å². The molecule has 21 heavy (non-hydrogen) atoms. The molecule has 0 radical (unpaired) electrons. The molecule has 0 saturated carbocycles. The van der Waals surface area contributed by atoms with Gasteiger partial charge in [-0.3, -0.25) is 0 Å². The van der Waals surface area contributed by atoms with Gasteiger partial charge in [-0.1, -0.05) is 0 Å². The Labute approximate surface area is 122 Å². The van der Waals surface area contributed by atoms with E-state index in [9.17, 15) is 17.2 Å². The fourth-order valence-corrected chi connectivity index (χ4v) is 2.58. The number of benzene rings is 1. The van der Waals surface area contributed by atoms with Gasteiger partial charge in [0.2, 0.25) is 9.84 Å². The zero-order valence-electron chi connectivity index (χ0n) is 11.7. The lowest BCUT2D eigenvalue weighted by Crippen LogP contribution is -2.45. The van der Waals surface area contributed by atoms with Gasteiger partial charge in [0.1, 0.15) is 0 Å². The van der Waals surface area contributed by atoms with E-state index in [4.69, 9.17) is 9.47 Å². The fraction of sp³-hybridized carbons (Fsp3) is 0.538. The number of hydrogen-bond donors (Lipinski definition) is 1. The molecule has 1 saturated heterocycles. The van der Waals surface area contributed by atoms with E-state index in [0.717, 1.165) is 12.1 Å². The largest absolute Gasteiger partial charge is 0.378 e. The standard InChI is InChI=1S/C13H17F2NO4S/c1-13(2)19-7-10(8-20-13)16-9-3-5-11(6-4-9)21(17,18)12(14)15/h3-6,10,12,16H,7-8H2,1-2H3. The highest BCUT2D eigenvalue weighted by Crippen LogP contribution is 2.22. The lowest BCUT2D eigenvalue weighted by molar-refractivity contribution is -0.247. The van der Waals surface area contributed by atoms with Gasteiger partial charge in [-0.2, -0.15) is 8.78 Å². The number of alkyl halides is 2. The molecular formula is C13H17F2NO4S. The number of anilines is 1. The van der Waals surface area contributed by atoms with Gasteiger partial charge in [-0.15, -0.1) is 0 Å². The second-order valence-electron chi connectivity index (χ2n) is 5.19. The van der Waals surface area contributed by atoms with Crippen molar-refractivity contribution in [2.24, 2.45) is 0 Å². The number of rotatable bonds is 4. The van der Waals surface area contributed by atoms with Gasteiger partial charge in [0.15, 0.2) is 5.79 Å². The Balaban J connectivity index is 2.01. The van der Waals surface area contributed by atoms with E-state index < -0.39 is 26.3 Å². The van der Waals surface area contributed by atoms with E-state index in [2.05, 4.69) is 5.32 Å². The van der Waals surface area contributed by atoms with Crippen LogP contribution in [0.4, 0.5) is 14.5 Å². The van der Waals surface area contributed by atoms with Crippen LogP contribution in [-0.2, 0) is 19.3 Å². The number of nitrogens with one attached hydrogen (secondary N) is 1. The van der Waals surface area contributed by atoms with E-state index in [-0.39, 0.29) is 6.04 Å². The summed E-state index contributed by atoms with van der Waals surface area (Å²) in [5.41, 5.74) is 0.611. The van der Waals surface area contributed by atoms with Crippen LogP contribution in [0.5, 0.6) is 0 Å². The Bertz CT molecular complexity index is 577. The summed E-state index contributed by atoms with van der Waals surface area (Å²) in [7, 11) is -4.55. The lowest BCUT2D eigenvalue weighted by Gasteiger charge is -2.35. The SMILES string of the molecule is CC1(C)OCC(Nc2ccc(S(=O)(=O)C(F)F)cc2)CO1. The maximum atomic E-state index is 12.4. The normalized spacial score (nSPS) is 19.7. The maximum absolute atomic E-state index is 12.4. The molecule has 0 atom stereocenters. The first-order chi connectivity index (χ1) is 9.71. The first-order valence-electron chi connectivity index (χ1n) is 6.37. The minimum atomic E-state index is -4.55. The van der Waals surface area contributed by atoms with Crippen LogP contribution in [0.25, 0.3) is 0 Å². The monoisotopic (exact) mass is 321 g/mol. The molecule has 1 aromatic carbocycles. The van der Waals surface area contributed by atoms with Crippen LogP contribution in [0.15, 0.2) is 29.2 Å². The summed E-state index contributed by atoms with van der Waals surface area (Å²) in [5.74, 6) is -4.04. The van der Waals surface area contributed by atoms with Crippen LogP contribution in [0.3, 0.4) is 0 Å². The highest BCUT2D eigenvalue weighted by Gasteiger charge is 2.29. The van der Waals surface area contributed by atoms with Crippen molar-refractivity contribution in [1.29, 1.82) is 0 Å². The van der Waals surface area contributed by atoms with Crippen molar-refractivity contribution < 1.29 is 26.7 Å². The second kappa shape index (κ2) is 5.86. The Hall–Kier alpha value is -1.25. The van der Waals surface area contributed by atoms with Gasteiger partial charge in [0, 0.05) is 5.69 Å². The molecule has 2 rings (SSSR count). The maximum Gasteiger partial charge on any atom is 0.341 e. The Morgan fingerprint density at radius 2 is 1.71 bits per heavy atom. The first kappa shape index (κ1) is 16.1. The summed E-state index contributed by atoms with van der Waals surface area (Å²) in [4.78, 5) is -0.402. The van der Waals surface area contributed by atoms with Crippen molar-refractivity contribution in [3.8, 4) is 0 Å². The molecule has 0 unspecified atom stereocenters. The number of hydrogen-bond acceptors (Lipinski definition) is 5. The molecule has 0 aromatic heterocycles. The molecule has 1 heterocycles. The number of halogens is 2. The third kappa shape index (κ3) is 3.90. The van der Waals surface area contributed by atoms with Crippen molar-refractivity contribution in [3.05, 3.63) is 24.3 Å². The third-order valence-corrected chi connectivity index (χ3v) is 4.45. The van der Waals surface area contributed by atoms with Crippen molar-refractivity contribution in [2.75, 3.05) is 18.5 Å². The zero-order valence-corrected chi connectivity index (χ0v) is 12.5. The predicted octanol–water partition coefficient (Wildman–Crippen LogP) is 2.25. The molecule has 1 N–H and O–H groups in total. The summed E-state index contributed by atoms with van der Waals surface area (Å²) in [6.07, 6.45) is 0. The molecule has 0 bridgehead atoms. The quantitative estimate of drug-likeness (QED) is 0.921. The van der Waals surface area contributed by atoms with Crippen LogP contribution in [-0.4, -0.2) is 39.2 Å². The van der Waals surface area contributed by atoms with Gasteiger partial charge < -0.3 is 14.8 Å². The Morgan fingerprint density at radius 1 is 1.19 bits per heavy atom. The first-order valence-corrected chi connectivity index (χ1v) is 7.92. The van der Waals surface area contributed by atoms with E-state index in [1.165, 1.54) is 12.1 Å². The lowest BCUT2D eigenvalue weighted by atomic mass is 10.2. The molecule has 1 aromatic rings. The van der Waals surface area contributed by atoms with Gasteiger partial charge in [0.05, 0.1) is 24.2 Å². The van der Waals surface area contributed by atoms with Crippen molar-refractivity contribution in [2.45, 2.75) is 36.3 Å². The van der Waals surface area contributed by atoms with E-state index >= 15 is 0 Å². The zero-order chi connectivity index (χ0) is 15.7. The van der Waals surface area contributed by atoms with Crippen molar-refractivity contribution in [1.82, 2.24) is 0 Å². The van der Waals surface area contributed by atoms with E-state index in [1.807, 2.05) is 13.8 Å². The average Bonchev–Trinajstić information content (AvgIpc) is 2.42. The molecule has 118 valence electrons. The van der Waals surface area contributed by atoms with E-state index in [1.54, 1.807) is 0 Å². The Morgan fingerprint density at radius 3 is 2.19 bits per heavy atom.